The second-order valence-electron chi connectivity index (χ2n) is 6.20. The highest BCUT2D eigenvalue weighted by atomic mass is 32.2. The average molecular weight is 442 g/mol. The number of ether oxygens (including phenoxy) is 3. The first-order valence-electron chi connectivity index (χ1n) is 9.01. The number of anilines is 1. The standard InChI is InChI=1S/C19H20F2N2O6S/c20-19(21)29-17-4-2-1-3-16(17)22-18(24)13-28-14-5-7-15(8-6-14)30(25,26)23-9-11-27-12-10-23/h1-8,19H,9-13H2,(H,22,24). The number of alkyl halides is 2. The lowest BCUT2D eigenvalue weighted by atomic mass is 10.3. The molecule has 1 heterocycles. The molecule has 0 bridgehead atoms. The maximum atomic E-state index is 12.6. The SMILES string of the molecule is O=C(COc1ccc(S(=O)(=O)N2CCOCC2)cc1)Nc1ccccc1OC(F)F. The molecular weight excluding hydrogens is 422 g/mol. The van der Waals surface area contributed by atoms with Crippen LogP contribution in [0.1, 0.15) is 0 Å². The molecule has 0 aliphatic carbocycles. The number of halogens is 2. The molecule has 30 heavy (non-hydrogen) atoms. The van der Waals surface area contributed by atoms with Gasteiger partial charge in [-0.05, 0) is 36.4 Å². The van der Waals surface area contributed by atoms with Crippen LogP contribution in [-0.4, -0.2) is 58.2 Å². The number of benzene rings is 2. The second-order valence-corrected chi connectivity index (χ2v) is 8.14. The molecule has 2 aromatic carbocycles. The van der Waals surface area contributed by atoms with E-state index < -0.39 is 29.1 Å². The Kier molecular flexibility index (Phi) is 7.19. The molecule has 3 rings (SSSR count). The van der Waals surface area contributed by atoms with Gasteiger partial charge in [0.1, 0.15) is 11.5 Å². The summed E-state index contributed by atoms with van der Waals surface area (Å²) in [5.74, 6) is -0.480. The van der Waals surface area contributed by atoms with Gasteiger partial charge in [-0.2, -0.15) is 13.1 Å². The molecule has 1 amide bonds. The number of nitrogens with zero attached hydrogens (tertiary/aromatic N) is 1. The van der Waals surface area contributed by atoms with Crippen LogP contribution >= 0.6 is 0 Å². The van der Waals surface area contributed by atoms with E-state index in [0.717, 1.165) is 0 Å². The van der Waals surface area contributed by atoms with E-state index in [9.17, 15) is 22.0 Å². The summed E-state index contributed by atoms with van der Waals surface area (Å²) >= 11 is 0. The molecule has 11 heteroatoms. The number of nitrogens with one attached hydrogen (secondary N) is 1. The highest BCUT2D eigenvalue weighted by Gasteiger charge is 2.26. The molecule has 0 aromatic heterocycles. The number of hydrogen-bond acceptors (Lipinski definition) is 6. The Hall–Kier alpha value is -2.76. The lowest BCUT2D eigenvalue weighted by Gasteiger charge is -2.26. The number of hydrogen-bond donors (Lipinski definition) is 1. The minimum Gasteiger partial charge on any atom is -0.484 e. The van der Waals surface area contributed by atoms with Gasteiger partial charge >= 0.3 is 6.61 Å². The van der Waals surface area contributed by atoms with Gasteiger partial charge in [0.2, 0.25) is 10.0 Å². The molecule has 1 aliphatic heterocycles. The third-order valence-corrected chi connectivity index (χ3v) is 6.09. The predicted octanol–water partition coefficient (Wildman–Crippen LogP) is 2.33. The zero-order valence-corrected chi connectivity index (χ0v) is 16.6. The summed E-state index contributed by atoms with van der Waals surface area (Å²) in [4.78, 5) is 12.2. The Morgan fingerprint density at radius 3 is 2.43 bits per heavy atom. The Bertz CT molecular complexity index is 963. The fraction of sp³-hybridized carbons (Fsp3) is 0.316. The number of sulfonamides is 1. The molecule has 2 aromatic rings. The predicted molar refractivity (Wildman–Crippen MR) is 103 cm³/mol. The summed E-state index contributed by atoms with van der Waals surface area (Å²) in [7, 11) is -3.62. The maximum Gasteiger partial charge on any atom is 0.387 e. The van der Waals surface area contributed by atoms with E-state index >= 15 is 0 Å². The van der Waals surface area contributed by atoms with Gasteiger partial charge in [0.25, 0.3) is 5.91 Å². The van der Waals surface area contributed by atoms with Crippen molar-refractivity contribution in [2.24, 2.45) is 0 Å². The molecule has 0 saturated carbocycles. The maximum absolute atomic E-state index is 12.6. The van der Waals surface area contributed by atoms with Crippen LogP contribution in [-0.2, 0) is 19.6 Å². The van der Waals surface area contributed by atoms with Crippen LogP contribution in [0.15, 0.2) is 53.4 Å². The quantitative estimate of drug-likeness (QED) is 0.675. The average Bonchev–Trinajstić information content (AvgIpc) is 2.74. The zero-order valence-electron chi connectivity index (χ0n) is 15.8. The zero-order chi connectivity index (χ0) is 21.6. The van der Waals surface area contributed by atoms with Gasteiger partial charge in [0.15, 0.2) is 6.61 Å². The fourth-order valence-electron chi connectivity index (χ4n) is 2.75. The molecule has 1 fully saturated rings. The molecule has 0 spiro atoms. The van der Waals surface area contributed by atoms with Crippen LogP contribution in [0.2, 0.25) is 0 Å². The summed E-state index contributed by atoms with van der Waals surface area (Å²) in [6.45, 7) is -2.15. The monoisotopic (exact) mass is 442 g/mol. The molecule has 1 N–H and O–H groups in total. The van der Waals surface area contributed by atoms with Crippen LogP contribution in [0.4, 0.5) is 14.5 Å². The molecule has 0 radical (unpaired) electrons. The summed E-state index contributed by atoms with van der Waals surface area (Å²) in [5, 5.41) is 2.43. The summed E-state index contributed by atoms with van der Waals surface area (Å²) < 4.78 is 66.2. The lowest BCUT2D eigenvalue weighted by molar-refractivity contribution is -0.118. The van der Waals surface area contributed by atoms with E-state index in [-0.39, 0.29) is 35.2 Å². The van der Waals surface area contributed by atoms with Crippen molar-refractivity contribution in [3.63, 3.8) is 0 Å². The lowest BCUT2D eigenvalue weighted by Crippen LogP contribution is -2.40. The Labute approximate surface area is 172 Å². The molecule has 0 atom stereocenters. The van der Waals surface area contributed by atoms with E-state index in [1.54, 1.807) is 6.07 Å². The summed E-state index contributed by atoms with van der Waals surface area (Å²) in [6, 6.07) is 11.4. The first kappa shape index (κ1) is 21.9. The first-order valence-corrected chi connectivity index (χ1v) is 10.4. The van der Waals surface area contributed by atoms with Gasteiger partial charge in [0, 0.05) is 13.1 Å². The Balaban J connectivity index is 1.57. The van der Waals surface area contributed by atoms with Crippen molar-refractivity contribution < 1.29 is 36.2 Å². The number of morpholine rings is 1. The van der Waals surface area contributed by atoms with Crippen LogP contribution in [0.3, 0.4) is 0 Å². The highest BCUT2D eigenvalue weighted by Crippen LogP contribution is 2.25. The minimum atomic E-state index is -3.62. The van der Waals surface area contributed by atoms with E-state index in [2.05, 4.69) is 10.1 Å². The van der Waals surface area contributed by atoms with Gasteiger partial charge in [-0.1, -0.05) is 12.1 Å². The van der Waals surface area contributed by atoms with Crippen molar-refractivity contribution in [3.05, 3.63) is 48.5 Å². The number of carbonyl (C=O) groups excluding carboxylic acids is 1. The van der Waals surface area contributed by atoms with Gasteiger partial charge in [-0.3, -0.25) is 4.79 Å². The van der Waals surface area contributed by atoms with Crippen LogP contribution < -0.4 is 14.8 Å². The Morgan fingerprint density at radius 1 is 1.10 bits per heavy atom. The normalized spacial score (nSPS) is 15.0. The number of carbonyl (C=O) groups is 1. The van der Waals surface area contributed by atoms with Crippen molar-refractivity contribution in [2.75, 3.05) is 38.2 Å². The van der Waals surface area contributed by atoms with Gasteiger partial charge in [-0.15, -0.1) is 0 Å². The molecule has 8 nitrogen and oxygen atoms in total. The van der Waals surface area contributed by atoms with E-state index in [4.69, 9.17) is 9.47 Å². The first-order chi connectivity index (χ1) is 14.4. The van der Waals surface area contributed by atoms with E-state index in [0.29, 0.717) is 13.2 Å². The summed E-state index contributed by atoms with van der Waals surface area (Å²) in [6.07, 6.45) is 0. The summed E-state index contributed by atoms with van der Waals surface area (Å²) in [5.41, 5.74) is 0.0818. The van der Waals surface area contributed by atoms with Gasteiger partial charge in [-0.25, -0.2) is 8.42 Å². The smallest absolute Gasteiger partial charge is 0.387 e. The van der Waals surface area contributed by atoms with Crippen molar-refractivity contribution in [3.8, 4) is 11.5 Å². The molecule has 1 saturated heterocycles. The largest absolute Gasteiger partial charge is 0.484 e. The van der Waals surface area contributed by atoms with Crippen LogP contribution in [0.25, 0.3) is 0 Å². The van der Waals surface area contributed by atoms with Crippen molar-refractivity contribution in [2.45, 2.75) is 11.5 Å². The molecular formula is C19H20F2N2O6S. The molecule has 162 valence electrons. The van der Waals surface area contributed by atoms with E-state index in [1.165, 1.54) is 46.8 Å². The Morgan fingerprint density at radius 2 is 1.77 bits per heavy atom. The molecule has 0 unspecified atom stereocenters. The van der Waals surface area contributed by atoms with Gasteiger partial charge < -0.3 is 19.5 Å². The number of amides is 1. The third-order valence-electron chi connectivity index (χ3n) is 4.18. The minimum absolute atomic E-state index is 0.0818. The van der Waals surface area contributed by atoms with Crippen molar-refractivity contribution in [1.29, 1.82) is 0 Å². The number of para-hydroxylation sites is 2. The number of rotatable bonds is 8. The fourth-order valence-corrected chi connectivity index (χ4v) is 4.16. The highest BCUT2D eigenvalue weighted by molar-refractivity contribution is 7.89. The third kappa shape index (κ3) is 5.65. The topological polar surface area (TPSA) is 94.2 Å². The van der Waals surface area contributed by atoms with Crippen LogP contribution in [0, 0.1) is 0 Å². The van der Waals surface area contributed by atoms with Gasteiger partial charge in [0.05, 0.1) is 23.8 Å². The molecule has 1 aliphatic rings. The van der Waals surface area contributed by atoms with E-state index in [1.807, 2.05) is 0 Å². The van der Waals surface area contributed by atoms with Crippen molar-refractivity contribution >= 4 is 21.6 Å². The van der Waals surface area contributed by atoms with Crippen molar-refractivity contribution in [1.82, 2.24) is 4.31 Å². The second kappa shape index (κ2) is 9.83. The van der Waals surface area contributed by atoms with Crippen LogP contribution in [0.5, 0.6) is 11.5 Å².